The number of ether oxygens (including phenoxy) is 1. The molecular weight excluding hydrogens is 454 g/mol. The summed E-state index contributed by atoms with van der Waals surface area (Å²) in [6.45, 7) is 1.21. The highest BCUT2D eigenvalue weighted by atomic mass is 32.2. The third-order valence-electron chi connectivity index (χ3n) is 5.79. The van der Waals surface area contributed by atoms with Gasteiger partial charge in [-0.05, 0) is 41.8 Å². The topological polar surface area (TPSA) is 113 Å². The van der Waals surface area contributed by atoms with Gasteiger partial charge in [0.2, 0.25) is 26.0 Å². The van der Waals surface area contributed by atoms with Gasteiger partial charge < -0.3 is 10.1 Å². The molecule has 1 fully saturated rings. The second-order valence-corrected chi connectivity index (χ2v) is 11.5. The fourth-order valence-corrected chi connectivity index (χ4v) is 6.97. The van der Waals surface area contributed by atoms with Gasteiger partial charge in [0.25, 0.3) is 0 Å². The number of hydrogen-bond donors (Lipinski definition) is 1. The Morgan fingerprint density at radius 3 is 2.06 bits per heavy atom. The van der Waals surface area contributed by atoms with E-state index in [1.54, 1.807) is 0 Å². The number of amides is 1. The number of fused-ring (bicyclic) bond motifs is 1. The molecular formula is C21H25N3O6S2. The lowest BCUT2D eigenvalue weighted by Gasteiger charge is -2.34. The van der Waals surface area contributed by atoms with E-state index in [9.17, 15) is 21.6 Å². The summed E-state index contributed by atoms with van der Waals surface area (Å²) in [7, 11) is -6.32. The average molecular weight is 480 g/mol. The van der Waals surface area contributed by atoms with Crippen molar-refractivity contribution in [3.05, 3.63) is 59.7 Å². The average Bonchev–Trinajstić information content (AvgIpc) is 2.83. The number of nitrogens with one attached hydrogen (secondary N) is 1. The minimum absolute atomic E-state index is 0.0187. The predicted octanol–water partition coefficient (Wildman–Crippen LogP) is 0.569. The van der Waals surface area contributed by atoms with Crippen LogP contribution in [0.3, 0.4) is 0 Å². The number of rotatable bonds is 5. The molecule has 9 nitrogen and oxygen atoms in total. The van der Waals surface area contributed by atoms with Crippen LogP contribution in [0.25, 0.3) is 0 Å². The summed E-state index contributed by atoms with van der Waals surface area (Å²) in [5, 5.41) is 2.54. The van der Waals surface area contributed by atoms with Crippen molar-refractivity contribution in [1.29, 1.82) is 0 Å². The van der Waals surface area contributed by atoms with Gasteiger partial charge in [0.15, 0.2) is 0 Å². The van der Waals surface area contributed by atoms with Crippen LogP contribution in [0, 0.1) is 0 Å². The summed E-state index contributed by atoms with van der Waals surface area (Å²) in [5.41, 5.74) is 1.77. The molecule has 1 amide bonds. The molecule has 1 atom stereocenters. The number of sulfonamides is 2. The lowest BCUT2D eigenvalue weighted by molar-refractivity contribution is -0.124. The van der Waals surface area contributed by atoms with Crippen molar-refractivity contribution in [3.63, 3.8) is 0 Å². The van der Waals surface area contributed by atoms with E-state index in [0.717, 1.165) is 11.1 Å². The summed E-state index contributed by atoms with van der Waals surface area (Å²) in [4.78, 5) is 12.5. The molecule has 2 aromatic carbocycles. The van der Waals surface area contributed by atoms with Gasteiger partial charge in [-0.2, -0.15) is 8.61 Å². The molecule has 2 heterocycles. The maximum absolute atomic E-state index is 13.5. The number of carbonyl (C=O) groups is 1. The monoisotopic (exact) mass is 479 g/mol. The van der Waals surface area contributed by atoms with Crippen molar-refractivity contribution < 1.29 is 26.4 Å². The van der Waals surface area contributed by atoms with E-state index in [0.29, 0.717) is 13.2 Å². The van der Waals surface area contributed by atoms with Crippen molar-refractivity contribution >= 4 is 26.0 Å². The first kappa shape index (κ1) is 22.9. The number of morpholine rings is 1. The number of hydrogen-bond acceptors (Lipinski definition) is 6. The van der Waals surface area contributed by atoms with Crippen LogP contribution in [-0.2, 0) is 42.5 Å². The van der Waals surface area contributed by atoms with Crippen LogP contribution >= 0.6 is 0 Å². The first-order chi connectivity index (χ1) is 15.2. The lowest BCUT2D eigenvalue weighted by atomic mass is 9.95. The van der Waals surface area contributed by atoms with Crippen molar-refractivity contribution in [2.45, 2.75) is 28.8 Å². The zero-order valence-corrected chi connectivity index (χ0v) is 19.2. The first-order valence-electron chi connectivity index (χ1n) is 10.2. The van der Waals surface area contributed by atoms with Crippen LogP contribution in [0.2, 0.25) is 0 Å². The second kappa shape index (κ2) is 8.91. The molecule has 2 aliphatic heterocycles. The highest BCUT2D eigenvalue weighted by molar-refractivity contribution is 7.89. The quantitative estimate of drug-likeness (QED) is 0.671. The molecule has 172 valence electrons. The predicted molar refractivity (Wildman–Crippen MR) is 117 cm³/mol. The van der Waals surface area contributed by atoms with Gasteiger partial charge in [0.05, 0.1) is 23.0 Å². The molecule has 4 rings (SSSR count). The van der Waals surface area contributed by atoms with Gasteiger partial charge in [0, 0.05) is 26.7 Å². The van der Waals surface area contributed by atoms with E-state index in [2.05, 4.69) is 5.32 Å². The highest BCUT2D eigenvalue weighted by Crippen LogP contribution is 2.30. The van der Waals surface area contributed by atoms with E-state index in [4.69, 9.17) is 4.74 Å². The summed E-state index contributed by atoms with van der Waals surface area (Å²) in [6, 6.07) is 11.7. The van der Waals surface area contributed by atoms with Gasteiger partial charge in [-0.3, -0.25) is 4.79 Å². The SMILES string of the molecule is CNC(=O)C1Cc2ccccc2CN1S(=O)(=O)c1ccc(S(=O)(=O)N2CCOCC2)cc1. The molecule has 1 N–H and O–H groups in total. The van der Waals surface area contributed by atoms with Gasteiger partial charge in [-0.1, -0.05) is 24.3 Å². The van der Waals surface area contributed by atoms with E-state index in [1.807, 2.05) is 24.3 Å². The Balaban J connectivity index is 1.65. The Kier molecular flexibility index (Phi) is 6.37. The van der Waals surface area contributed by atoms with Crippen LogP contribution < -0.4 is 5.32 Å². The van der Waals surface area contributed by atoms with E-state index in [1.165, 1.54) is 39.9 Å². The van der Waals surface area contributed by atoms with Gasteiger partial charge in [-0.25, -0.2) is 16.8 Å². The molecule has 2 aromatic rings. The standard InChI is InChI=1S/C21H25N3O6S2/c1-22-21(25)20-14-16-4-2-3-5-17(16)15-24(20)32(28,29)19-8-6-18(7-9-19)31(26,27)23-10-12-30-13-11-23/h2-9,20H,10-15H2,1H3,(H,22,25). The maximum Gasteiger partial charge on any atom is 0.244 e. The Hall–Kier alpha value is -2.31. The summed E-state index contributed by atoms with van der Waals surface area (Å²) < 4.78 is 60.3. The number of carbonyl (C=O) groups excluding carboxylic acids is 1. The Morgan fingerprint density at radius 2 is 1.47 bits per heavy atom. The Bertz CT molecular complexity index is 1210. The third-order valence-corrected chi connectivity index (χ3v) is 9.57. The minimum Gasteiger partial charge on any atom is -0.379 e. The normalized spacial score (nSPS) is 20.5. The summed E-state index contributed by atoms with van der Waals surface area (Å²) >= 11 is 0. The van der Waals surface area contributed by atoms with Crippen molar-refractivity contribution in [1.82, 2.24) is 13.9 Å². The molecule has 0 radical (unpaired) electrons. The van der Waals surface area contributed by atoms with Crippen LogP contribution in [0.1, 0.15) is 11.1 Å². The van der Waals surface area contributed by atoms with Crippen molar-refractivity contribution in [2.24, 2.45) is 0 Å². The second-order valence-electron chi connectivity index (χ2n) is 7.64. The van der Waals surface area contributed by atoms with Crippen molar-refractivity contribution in [2.75, 3.05) is 33.4 Å². The van der Waals surface area contributed by atoms with E-state index < -0.39 is 32.0 Å². The molecule has 0 aliphatic carbocycles. The number of nitrogens with zero attached hydrogens (tertiary/aromatic N) is 2. The Morgan fingerprint density at radius 1 is 0.906 bits per heavy atom. The molecule has 0 aromatic heterocycles. The zero-order valence-electron chi connectivity index (χ0n) is 17.6. The van der Waals surface area contributed by atoms with Gasteiger partial charge in [0.1, 0.15) is 6.04 Å². The van der Waals surface area contributed by atoms with Crippen LogP contribution in [-0.4, -0.2) is 70.7 Å². The third kappa shape index (κ3) is 4.18. The fraction of sp³-hybridized carbons (Fsp3) is 0.381. The van der Waals surface area contributed by atoms with Crippen LogP contribution in [0.15, 0.2) is 58.3 Å². The minimum atomic E-state index is -4.05. The molecule has 11 heteroatoms. The van der Waals surface area contributed by atoms with Gasteiger partial charge in [-0.15, -0.1) is 0 Å². The summed E-state index contributed by atoms with van der Waals surface area (Å²) in [5.74, 6) is -0.394. The zero-order chi connectivity index (χ0) is 22.9. The molecule has 1 saturated heterocycles. The summed E-state index contributed by atoms with van der Waals surface area (Å²) in [6.07, 6.45) is 0.262. The smallest absolute Gasteiger partial charge is 0.244 e. The Labute approximate surface area is 188 Å². The molecule has 0 spiro atoms. The highest BCUT2D eigenvalue weighted by Gasteiger charge is 2.39. The van der Waals surface area contributed by atoms with Crippen LogP contribution in [0.5, 0.6) is 0 Å². The molecule has 32 heavy (non-hydrogen) atoms. The first-order valence-corrected chi connectivity index (χ1v) is 13.1. The number of likely N-dealkylation sites (N-methyl/N-ethyl adjacent to an activating group) is 1. The molecule has 2 aliphatic rings. The van der Waals surface area contributed by atoms with E-state index >= 15 is 0 Å². The molecule has 1 unspecified atom stereocenters. The molecule has 0 bridgehead atoms. The molecule has 0 saturated carbocycles. The fourth-order valence-electron chi connectivity index (χ4n) is 4.00. The largest absolute Gasteiger partial charge is 0.379 e. The maximum atomic E-state index is 13.5. The van der Waals surface area contributed by atoms with Crippen molar-refractivity contribution in [3.8, 4) is 0 Å². The van der Waals surface area contributed by atoms with E-state index in [-0.39, 0.29) is 35.8 Å². The number of benzene rings is 2. The van der Waals surface area contributed by atoms with Crippen LogP contribution in [0.4, 0.5) is 0 Å². The van der Waals surface area contributed by atoms with Gasteiger partial charge >= 0.3 is 0 Å². The lowest BCUT2D eigenvalue weighted by Crippen LogP contribution is -2.51.